The van der Waals surface area contributed by atoms with Crippen LogP contribution < -0.4 is 0 Å². The van der Waals surface area contributed by atoms with Crippen LogP contribution in [0.15, 0.2) is 0 Å². The predicted octanol–water partition coefficient (Wildman–Crippen LogP) is 6.21. The van der Waals surface area contributed by atoms with E-state index in [1.165, 1.54) is 19.3 Å². The van der Waals surface area contributed by atoms with Crippen molar-refractivity contribution in [2.24, 2.45) is 5.92 Å². The number of unbranched alkanes of at least 4 members (excludes halogenated alkanes) is 5. The normalized spacial score (nSPS) is 12.0. The summed E-state index contributed by atoms with van der Waals surface area (Å²) in [5.41, 5.74) is 0. The first kappa shape index (κ1) is 24.9. The van der Waals surface area contributed by atoms with Gasteiger partial charge in [-0.3, -0.25) is 9.59 Å². The number of rotatable bonds is 18. The van der Waals surface area contributed by atoms with Gasteiger partial charge in [0, 0.05) is 12.8 Å². The Kier molecular flexibility index (Phi) is 18.0. The van der Waals surface area contributed by atoms with E-state index in [9.17, 15) is 9.59 Å². The van der Waals surface area contributed by atoms with Gasteiger partial charge in [-0.2, -0.15) is 0 Å². The molecule has 0 saturated carbocycles. The lowest BCUT2D eigenvalue weighted by Crippen LogP contribution is -2.09. The first-order chi connectivity index (χ1) is 12.6. The zero-order valence-corrected chi connectivity index (χ0v) is 17.5. The van der Waals surface area contributed by atoms with E-state index in [4.69, 9.17) is 9.47 Å². The molecule has 1 unspecified atom stereocenters. The van der Waals surface area contributed by atoms with Crippen molar-refractivity contribution in [2.75, 3.05) is 13.2 Å². The maximum absolute atomic E-state index is 11.7. The van der Waals surface area contributed by atoms with Gasteiger partial charge < -0.3 is 9.47 Å². The molecule has 0 bridgehead atoms. The molecular weight excluding hydrogens is 328 g/mol. The number of carbonyl (C=O) groups excluding carboxylic acids is 2. The second-order valence-corrected chi connectivity index (χ2v) is 7.27. The Morgan fingerprint density at radius 2 is 1.15 bits per heavy atom. The first-order valence-corrected chi connectivity index (χ1v) is 10.9. The van der Waals surface area contributed by atoms with Crippen molar-refractivity contribution in [3.05, 3.63) is 0 Å². The van der Waals surface area contributed by atoms with Crippen LogP contribution in [0.25, 0.3) is 0 Å². The molecule has 4 nitrogen and oxygen atoms in total. The van der Waals surface area contributed by atoms with E-state index in [1.54, 1.807) is 0 Å². The highest BCUT2D eigenvalue weighted by Gasteiger charge is 2.10. The lowest BCUT2D eigenvalue weighted by Gasteiger charge is -2.14. The summed E-state index contributed by atoms with van der Waals surface area (Å²) in [6.45, 7) is 7.58. The molecule has 0 fully saturated rings. The van der Waals surface area contributed by atoms with Crippen LogP contribution >= 0.6 is 0 Å². The third kappa shape index (κ3) is 16.4. The van der Waals surface area contributed by atoms with Crippen molar-refractivity contribution >= 4 is 11.9 Å². The van der Waals surface area contributed by atoms with Crippen LogP contribution in [0.4, 0.5) is 0 Å². The van der Waals surface area contributed by atoms with Gasteiger partial charge in [0.15, 0.2) is 0 Å². The van der Waals surface area contributed by atoms with Gasteiger partial charge in [-0.25, -0.2) is 0 Å². The average molecular weight is 371 g/mol. The molecule has 0 aromatic carbocycles. The van der Waals surface area contributed by atoms with E-state index in [1.807, 2.05) is 0 Å². The van der Waals surface area contributed by atoms with Crippen molar-refractivity contribution in [2.45, 2.75) is 111 Å². The van der Waals surface area contributed by atoms with Gasteiger partial charge in [0.25, 0.3) is 0 Å². The van der Waals surface area contributed by atoms with Crippen molar-refractivity contribution in [1.82, 2.24) is 0 Å². The standard InChI is InChI=1S/C22H42O4/c1-4-7-9-10-11-19-26-22(24)17-13-15-20(6-3)14-12-16-21(23)25-18-8-5-2/h20H,4-19H2,1-3H3. The second-order valence-electron chi connectivity index (χ2n) is 7.27. The van der Waals surface area contributed by atoms with Crippen molar-refractivity contribution in [3.63, 3.8) is 0 Å². The highest BCUT2D eigenvalue weighted by atomic mass is 16.5. The van der Waals surface area contributed by atoms with Gasteiger partial charge in [-0.15, -0.1) is 0 Å². The monoisotopic (exact) mass is 370 g/mol. The van der Waals surface area contributed by atoms with E-state index in [0.29, 0.717) is 32.0 Å². The molecule has 0 aromatic heterocycles. The molecule has 0 N–H and O–H groups in total. The molecule has 0 heterocycles. The van der Waals surface area contributed by atoms with Crippen LogP contribution in [0.5, 0.6) is 0 Å². The molecule has 0 spiro atoms. The molecule has 0 saturated heterocycles. The number of esters is 2. The van der Waals surface area contributed by atoms with Crippen LogP contribution in [0, 0.1) is 5.92 Å². The van der Waals surface area contributed by atoms with Gasteiger partial charge >= 0.3 is 11.9 Å². The largest absolute Gasteiger partial charge is 0.466 e. The minimum Gasteiger partial charge on any atom is -0.466 e. The van der Waals surface area contributed by atoms with Crippen molar-refractivity contribution in [1.29, 1.82) is 0 Å². The third-order valence-corrected chi connectivity index (χ3v) is 4.84. The van der Waals surface area contributed by atoms with Gasteiger partial charge in [0.05, 0.1) is 13.2 Å². The quantitative estimate of drug-likeness (QED) is 0.212. The summed E-state index contributed by atoms with van der Waals surface area (Å²) in [4.78, 5) is 23.3. The van der Waals surface area contributed by atoms with Gasteiger partial charge in [0.1, 0.15) is 0 Å². The van der Waals surface area contributed by atoms with Crippen LogP contribution in [0.3, 0.4) is 0 Å². The topological polar surface area (TPSA) is 52.6 Å². The smallest absolute Gasteiger partial charge is 0.305 e. The van der Waals surface area contributed by atoms with Gasteiger partial charge in [-0.1, -0.05) is 59.3 Å². The fourth-order valence-corrected chi connectivity index (χ4v) is 2.99. The molecule has 0 aliphatic rings. The zero-order chi connectivity index (χ0) is 19.5. The van der Waals surface area contributed by atoms with E-state index in [-0.39, 0.29) is 11.9 Å². The molecule has 154 valence electrons. The Bertz CT molecular complexity index is 341. The Labute approximate surface area is 161 Å². The molecule has 0 amide bonds. The Morgan fingerprint density at radius 1 is 0.654 bits per heavy atom. The summed E-state index contributed by atoms with van der Waals surface area (Å²) in [6.07, 6.45) is 13.8. The maximum Gasteiger partial charge on any atom is 0.305 e. The summed E-state index contributed by atoms with van der Waals surface area (Å²) < 4.78 is 10.5. The van der Waals surface area contributed by atoms with Crippen LogP contribution in [-0.4, -0.2) is 25.2 Å². The first-order valence-electron chi connectivity index (χ1n) is 10.9. The summed E-state index contributed by atoms with van der Waals surface area (Å²) in [7, 11) is 0. The fraction of sp³-hybridized carbons (Fsp3) is 0.909. The second kappa shape index (κ2) is 18.7. The number of carbonyl (C=O) groups is 2. The number of hydrogen-bond acceptors (Lipinski definition) is 4. The van der Waals surface area contributed by atoms with Crippen LogP contribution in [0.1, 0.15) is 111 Å². The Balaban J connectivity index is 3.62. The van der Waals surface area contributed by atoms with Crippen molar-refractivity contribution < 1.29 is 19.1 Å². The molecular formula is C22H42O4. The Morgan fingerprint density at radius 3 is 1.65 bits per heavy atom. The van der Waals surface area contributed by atoms with Crippen LogP contribution in [0.2, 0.25) is 0 Å². The minimum atomic E-state index is -0.0733. The molecule has 0 aliphatic heterocycles. The molecule has 0 rings (SSSR count). The van der Waals surface area contributed by atoms with E-state index < -0.39 is 0 Å². The summed E-state index contributed by atoms with van der Waals surface area (Å²) in [5, 5.41) is 0. The lowest BCUT2D eigenvalue weighted by atomic mass is 9.93. The van der Waals surface area contributed by atoms with Crippen molar-refractivity contribution in [3.8, 4) is 0 Å². The molecule has 1 atom stereocenters. The summed E-state index contributed by atoms with van der Waals surface area (Å²) in [5.74, 6) is 0.450. The number of hydrogen-bond donors (Lipinski definition) is 0. The number of ether oxygens (including phenoxy) is 2. The van der Waals surface area contributed by atoms with Gasteiger partial charge in [0.2, 0.25) is 0 Å². The molecule has 0 aromatic rings. The van der Waals surface area contributed by atoms with E-state index in [2.05, 4.69) is 20.8 Å². The lowest BCUT2D eigenvalue weighted by molar-refractivity contribution is -0.144. The van der Waals surface area contributed by atoms with Crippen LogP contribution in [-0.2, 0) is 19.1 Å². The maximum atomic E-state index is 11.7. The predicted molar refractivity (Wildman–Crippen MR) is 107 cm³/mol. The SMILES string of the molecule is CCCCCCCOC(=O)CCCC(CC)CCCC(=O)OCCCC. The zero-order valence-electron chi connectivity index (χ0n) is 17.5. The summed E-state index contributed by atoms with van der Waals surface area (Å²) in [6, 6.07) is 0. The van der Waals surface area contributed by atoms with E-state index in [0.717, 1.165) is 57.8 Å². The van der Waals surface area contributed by atoms with E-state index >= 15 is 0 Å². The molecule has 0 aliphatic carbocycles. The fourth-order valence-electron chi connectivity index (χ4n) is 2.99. The van der Waals surface area contributed by atoms with Gasteiger partial charge in [-0.05, 0) is 44.4 Å². The highest BCUT2D eigenvalue weighted by molar-refractivity contribution is 5.69. The molecule has 4 heteroatoms. The molecule has 26 heavy (non-hydrogen) atoms. The summed E-state index contributed by atoms with van der Waals surface area (Å²) >= 11 is 0. The average Bonchev–Trinajstić information content (AvgIpc) is 2.63. The minimum absolute atomic E-state index is 0.0603. The molecule has 0 radical (unpaired) electrons. The Hall–Kier alpha value is -1.06. The third-order valence-electron chi connectivity index (χ3n) is 4.84. The highest BCUT2D eigenvalue weighted by Crippen LogP contribution is 2.20.